The fraction of sp³-hybridized carbons (Fsp3) is 0.143. The van der Waals surface area contributed by atoms with Crippen molar-refractivity contribution in [3.8, 4) is 0 Å². The van der Waals surface area contributed by atoms with Gasteiger partial charge in [-0.2, -0.15) is 22.5 Å². The Morgan fingerprint density at radius 2 is 1.83 bits per heavy atom. The number of halogens is 4. The molecular weight excluding hydrogens is 318 g/mol. The smallest absolute Gasteiger partial charge is 0.414 e. The van der Waals surface area contributed by atoms with E-state index in [1.165, 1.54) is 23.1 Å². The maximum atomic E-state index is 13.6. The molecule has 1 aliphatic heterocycles. The van der Waals surface area contributed by atoms with Gasteiger partial charge in [0.2, 0.25) is 11.6 Å². The van der Waals surface area contributed by atoms with E-state index in [2.05, 4.69) is 10.3 Å². The summed E-state index contributed by atoms with van der Waals surface area (Å²) < 4.78 is 58.2. The van der Waals surface area contributed by atoms with Crippen LogP contribution in [0.3, 0.4) is 0 Å². The molecule has 1 aromatic carbocycles. The Bertz CT molecular complexity index is 759. The molecule has 2 aromatic rings. The van der Waals surface area contributed by atoms with Crippen LogP contribution in [0.25, 0.3) is 0 Å². The SMILES string of the molecule is O=C1OCCN1c1cccc(Nc2c(F)c(F)nc(F)c2F)c1. The first-order valence-electron chi connectivity index (χ1n) is 6.48. The van der Waals surface area contributed by atoms with Crippen molar-refractivity contribution in [3.05, 3.63) is 47.8 Å². The predicted molar refractivity (Wildman–Crippen MR) is 72.5 cm³/mol. The topological polar surface area (TPSA) is 54.5 Å². The van der Waals surface area contributed by atoms with E-state index in [9.17, 15) is 22.4 Å². The van der Waals surface area contributed by atoms with Crippen LogP contribution in [0.1, 0.15) is 0 Å². The normalized spacial score (nSPS) is 14.1. The molecule has 9 heteroatoms. The highest BCUT2D eigenvalue weighted by molar-refractivity contribution is 5.90. The molecule has 0 saturated carbocycles. The van der Waals surface area contributed by atoms with Gasteiger partial charge in [-0.3, -0.25) is 4.90 Å². The molecule has 5 nitrogen and oxygen atoms in total. The minimum Gasteiger partial charge on any atom is -0.447 e. The van der Waals surface area contributed by atoms with Crippen LogP contribution in [-0.2, 0) is 4.74 Å². The van der Waals surface area contributed by atoms with E-state index in [-0.39, 0.29) is 12.3 Å². The number of nitrogens with zero attached hydrogens (tertiary/aromatic N) is 2. The van der Waals surface area contributed by atoms with E-state index < -0.39 is 35.3 Å². The van der Waals surface area contributed by atoms with Crippen LogP contribution in [0.15, 0.2) is 24.3 Å². The van der Waals surface area contributed by atoms with Gasteiger partial charge >= 0.3 is 6.09 Å². The van der Waals surface area contributed by atoms with E-state index in [1.54, 1.807) is 6.07 Å². The van der Waals surface area contributed by atoms with Gasteiger partial charge in [-0.05, 0) is 18.2 Å². The summed E-state index contributed by atoms with van der Waals surface area (Å²) in [5.41, 5.74) is -0.463. The number of anilines is 3. The minimum absolute atomic E-state index is 0.130. The number of benzene rings is 1. The van der Waals surface area contributed by atoms with Gasteiger partial charge in [0, 0.05) is 11.4 Å². The number of carbonyl (C=O) groups excluding carboxylic acids is 1. The van der Waals surface area contributed by atoms with Crippen LogP contribution >= 0.6 is 0 Å². The molecule has 1 fully saturated rings. The Labute approximate surface area is 127 Å². The number of nitrogens with one attached hydrogen (secondary N) is 1. The van der Waals surface area contributed by atoms with Crippen molar-refractivity contribution >= 4 is 23.2 Å². The van der Waals surface area contributed by atoms with Gasteiger partial charge in [0.05, 0.1) is 6.54 Å². The molecule has 1 saturated heterocycles. The Morgan fingerprint density at radius 3 is 2.43 bits per heavy atom. The lowest BCUT2D eigenvalue weighted by Crippen LogP contribution is -2.23. The highest BCUT2D eigenvalue weighted by Gasteiger charge is 2.24. The van der Waals surface area contributed by atoms with E-state index in [0.717, 1.165) is 0 Å². The van der Waals surface area contributed by atoms with Gasteiger partial charge in [-0.25, -0.2) is 4.79 Å². The monoisotopic (exact) mass is 327 g/mol. The number of aromatic nitrogens is 1. The number of ether oxygens (including phenoxy) is 1. The second kappa shape index (κ2) is 5.75. The van der Waals surface area contributed by atoms with E-state index in [4.69, 9.17) is 4.74 Å². The van der Waals surface area contributed by atoms with Crippen LogP contribution in [0, 0.1) is 23.5 Å². The molecule has 23 heavy (non-hydrogen) atoms. The predicted octanol–water partition coefficient (Wildman–Crippen LogP) is 3.34. The first-order valence-corrected chi connectivity index (χ1v) is 6.48. The summed E-state index contributed by atoms with van der Waals surface area (Å²) in [5.74, 6) is -6.80. The average molecular weight is 327 g/mol. The van der Waals surface area contributed by atoms with Gasteiger partial charge in [0.1, 0.15) is 12.3 Å². The van der Waals surface area contributed by atoms with E-state index in [1.807, 2.05) is 0 Å². The number of hydrogen-bond acceptors (Lipinski definition) is 4. The lowest BCUT2D eigenvalue weighted by atomic mass is 10.2. The molecule has 0 spiro atoms. The zero-order valence-corrected chi connectivity index (χ0v) is 11.4. The Kier molecular flexibility index (Phi) is 3.77. The molecule has 1 amide bonds. The van der Waals surface area contributed by atoms with Crippen molar-refractivity contribution in [1.82, 2.24) is 4.98 Å². The zero-order chi connectivity index (χ0) is 16.6. The minimum atomic E-state index is -1.76. The standard InChI is InChI=1S/C14H9F4N3O2/c15-9-11(10(16)13(18)20-12(9)17)19-7-2-1-3-8(6-7)21-4-5-23-14(21)22/h1-3,6H,4-5H2,(H,19,20). The molecule has 0 bridgehead atoms. The first kappa shape index (κ1) is 15.1. The van der Waals surface area contributed by atoms with E-state index in [0.29, 0.717) is 12.2 Å². The highest BCUT2D eigenvalue weighted by Crippen LogP contribution is 2.28. The number of amides is 1. The summed E-state index contributed by atoms with van der Waals surface area (Å²) in [6.45, 7) is 0.546. The molecule has 2 heterocycles. The molecule has 1 aromatic heterocycles. The molecule has 120 valence electrons. The summed E-state index contributed by atoms with van der Waals surface area (Å²) >= 11 is 0. The van der Waals surface area contributed by atoms with Crippen LogP contribution in [0.2, 0.25) is 0 Å². The van der Waals surface area contributed by atoms with Crippen molar-refractivity contribution in [2.75, 3.05) is 23.4 Å². The van der Waals surface area contributed by atoms with Crippen molar-refractivity contribution in [2.45, 2.75) is 0 Å². The maximum Gasteiger partial charge on any atom is 0.414 e. The molecule has 0 aliphatic carbocycles. The molecular formula is C14H9F4N3O2. The molecule has 3 rings (SSSR count). The number of pyridine rings is 1. The summed E-state index contributed by atoms with van der Waals surface area (Å²) in [5, 5.41) is 2.25. The van der Waals surface area contributed by atoms with Crippen molar-refractivity contribution in [1.29, 1.82) is 0 Å². The summed E-state index contributed by atoms with van der Waals surface area (Å²) in [6, 6.07) is 5.90. The van der Waals surface area contributed by atoms with Gasteiger partial charge < -0.3 is 10.1 Å². The third kappa shape index (κ3) is 2.77. The summed E-state index contributed by atoms with van der Waals surface area (Å²) in [4.78, 5) is 15.3. The summed E-state index contributed by atoms with van der Waals surface area (Å²) in [6.07, 6.45) is -0.555. The molecule has 0 radical (unpaired) electrons. The summed E-state index contributed by atoms with van der Waals surface area (Å²) in [7, 11) is 0. The zero-order valence-electron chi connectivity index (χ0n) is 11.4. The Morgan fingerprint density at radius 1 is 1.13 bits per heavy atom. The van der Waals surface area contributed by atoms with Gasteiger partial charge in [0.25, 0.3) is 11.9 Å². The van der Waals surface area contributed by atoms with Crippen molar-refractivity contribution < 1.29 is 27.1 Å². The van der Waals surface area contributed by atoms with Crippen molar-refractivity contribution in [3.63, 3.8) is 0 Å². The van der Waals surface area contributed by atoms with Crippen LogP contribution in [0.5, 0.6) is 0 Å². The third-order valence-corrected chi connectivity index (χ3v) is 3.19. The van der Waals surface area contributed by atoms with Crippen LogP contribution in [0.4, 0.5) is 39.4 Å². The number of carbonyl (C=O) groups is 1. The quantitative estimate of drug-likeness (QED) is 0.694. The Hall–Kier alpha value is -2.84. The van der Waals surface area contributed by atoms with Crippen LogP contribution < -0.4 is 10.2 Å². The fourth-order valence-electron chi connectivity index (χ4n) is 2.12. The number of rotatable bonds is 3. The Balaban J connectivity index is 1.94. The second-order valence-electron chi connectivity index (χ2n) is 4.64. The van der Waals surface area contributed by atoms with Gasteiger partial charge in [-0.15, -0.1) is 0 Å². The van der Waals surface area contributed by atoms with Crippen LogP contribution in [-0.4, -0.2) is 24.2 Å². The van der Waals surface area contributed by atoms with E-state index >= 15 is 0 Å². The second-order valence-corrected chi connectivity index (χ2v) is 4.64. The fourth-order valence-corrected chi connectivity index (χ4v) is 2.12. The highest BCUT2D eigenvalue weighted by atomic mass is 19.2. The molecule has 0 atom stereocenters. The third-order valence-electron chi connectivity index (χ3n) is 3.19. The molecule has 1 aliphatic rings. The lowest BCUT2D eigenvalue weighted by Gasteiger charge is -2.15. The van der Waals surface area contributed by atoms with Gasteiger partial charge in [0.15, 0.2) is 0 Å². The van der Waals surface area contributed by atoms with Gasteiger partial charge in [-0.1, -0.05) is 6.07 Å². The lowest BCUT2D eigenvalue weighted by molar-refractivity contribution is 0.181. The molecule has 0 unspecified atom stereocenters. The largest absolute Gasteiger partial charge is 0.447 e. The number of cyclic esters (lactones) is 1. The first-order chi connectivity index (χ1) is 11.0. The van der Waals surface area contributed by atoms with Crippen molar-refractivity contribution in [2.24, 2.45) is 0 Å². The average Bonchev–Trinajstić information content (AvgIpc) is 2.96. The number of hydrogen-bond donors (Lipinski definition) is 1. The molecule has 1 N–H and O–H groups in total. The maximum absolute atomic E-state index is 13.6.